The lowest BCUT2D eigenvalue weighted by molar-refractivity contribution is -0.0275. The van der Waals surface area contributed by atoms with Crippen LogP contribution >= 0.6 is 0 Å². The largest absolute Gasteiger partial charge is 0.394 e. The van der Waals surface area contributed by atoms with Gasteiger partial charge in [0.2, 0.25) is 0 Å². The second-order valence-electron chi connectivity index (χ2n) is 6.69. The number of aliphatic hydroxyl groups is 1. The van der Waals surface area contributed by atoms with Crippen LogP contribution in [0, 0.1) is 0 Å². The molecule has 1 rings (SSSR count). The monoisotopic (exact) mass is 273 g/mol. The average Bonchev–Trinajstić information content (AvgIpc) is 2.72. The molecule has 0 aliphatic heterocycles. The van der Waals surface area contributed by atoms with E-state index in [2.05, 4.69) is 33.0 Å². The van der Waals surface area contributed by atoms with Crippen LogP contribution in [-0.4, -0.2) is 48.7 Å². The van der Waals surface area contributed by atoms with Gasteiger partial charge >= 0.3 is 0 Å². The first kappa shape index (κ1) is 16.9. The Kier molecular flexibility index (Phi) is 6.24. The van der Waals surface area contributed by atoms with Gasteiger partial charge in [-0.1, -0.05) is 13.8 Å². The summed E-state index contributed by atoms with van der Waals surface area (Å²) < 4.78 is 11.3. The molecule has 0 saturated heterocycles. The Morgan fingerprint density at radius 1 is 1.42 bits per heavy atom. The van der Waals surface area contributed by atoms with Crippen LogP contribution in [0.3, 0.4) is 0 Å². The lowest BCUT2D eigenvalue weighted by Gasteiger charge is -2.31. The van der Waals surface area contributed by atoms with Crippen LogP contribution in [0.25, 0.3) is 0 Å². The third kappa shape index (κ3) is 5.38. The van der Waals surface area contributed by atoms with Crippen molar-refractivity contribution in [1.82, 2.24) is 5.32 Å². The van der Waals surface area contributed by atoms with Crippen molar-refractivity contribution in [3.63, 3.8) is 0 Å². The first-order valence-corrected chi connectivity index (χ1v) is 7.38. The third-order valence-electron chi connectivity index (χ3n) is 4.07. The van der Waals surface area contributed by atoms with E-state index in [1.807, 2.05) is 0 Å². The van der Waals surface area contributed by atoms with Gasteiger partial charge < -0.3 is 19.9 Å². The van der Waals surface area contributed by atoms with Crippen molar-refractivity contribution < 1.29 is 14.6 Å². The van der Waals surface area contributed by atoms with Gasteiger partial charge in [-0.2, -0.15) is 0 Å². The van der Waals surface area contributed by atoms with Gasteiger partial charge in [-0.15, -0.1) is 0 Å². The van der Waals surface area contributed by atoms with Crippen LogP contribution in [-0.2, 0) is 9.47 Å². The van der Waals surface area contributed by atoms with E-state index in [0.29, 0.717) is 12.6 Å². The Morgan fingerprint density at radius 2 is 2.11 bits per heavy atom. The second-order valence-corrected chi connectivity index (χ2v) is 6.69. The smallest absolute Gasteiger partial charge is 0.0644 e. The van der Waals surface area contributed by atoms with Crippen LogP contribution in [0.15, 0.2) is 0 Å². The molecule has 1 aliphatic carbocycles. The molecule has 0 heterocycles. The topological polar surface area (TPSA) is 50.7 Å². The summed E-state index contributed by atoms with van der Waals surface area (Å²) in [6.07, 6.45) is 4.05. The standard InChI is InChI=1S/C15H31NO3/c1-12(2)16-15(11-17)7-6-13(10-15)19-9-8-14(3,4)18-5/h12-13,16-17H,6-11H2,1-5H3. The van der Waals surface area contributed by atoms with Gasteiger partial charge in [0.1, 0.15) is 0 Å². The summed E-state index contributed by atoms with van der Waals surface area (Å²) in [4.78, 5) is 0. The lowest BCUT2D eigenvalue weighted by Crippen LogP contribution is -2.50. The zero-order valence-electron chi connectivity index (χ0n) is 13.2. The van der Waals surface area contributed by atoms with Gasteiger partial charge in [0.15, 0.2) is 0 Å². The highest BCUT2D eigenvalue weighted by Crippen LogP contribution is 2.32. The fourth-order valence-electron chi connectivity index (χ4n) is 2.73. The predicted molar refractivity (Wildman–Crippen MR) is 77.4 cm³/mol. The van der Waals surface area contributed by atoms with Crippen LogP contribution in [0.1, 0.15) is 53.4 Å². The molecule has 1 aliphatic rings. The van der Waals surface area contributed by atoms with Gasteiger partial charge in [0, 0.05) is 25.3 Å². The summed E-state index contributed by atoms with van der Waals surface area (Å²) in [5.74, 6) is 0. The third-order valence-corrected chi connectivity index (χ3v) is 4.07. The van der Waals surface area contributed by atoms with E-state index in [1.54, 1.807) is 7.11 Å². The molecule has 0 aromatic rings. The molecule has 1 saturated carbocycles. The Bertz CT molecular complexity index is 268. The van der Waals surface area contributed by atoms with Gasteiger partial charge in [-0.05, 0) is 39.5 Å². The number of aliphatic hydroxyl groups excluding tert-OH is 1. The summed E-state index contributed by atoms with van der Waals surface area (Å²) in [5.41, 5.74) is -0.265. The number of ether oxygens (including phenoxy) is 2. The molecule has 4 heteroatoms. The summed E-state index contributed by atoms with van der Waals surface area (Å²) >= 11 is 0. The van der Waals surface area contributed by atoms with Crippen molar-refractivity contribution in [2.24, 2.45) is 0 Å². The van der Waals surface area contributed by atoms with Crippen molar-refractivity contribution >= 4 is 0 Å². The lowest BCUT2D eigenvalue weighted by atomic mass is 9.97. The van der Waals surface area contributed by atoms with E-state index in [0.717, 1.165) is 25.7 Å². The number of hydrogen-bond acceptors (Lipinski definition) is 4. The first-order valence-electron chi connectivity index (χ1n) is 7.38. The van der Waals surface area contributed by atoms with Crippen LogP contribution in [0.2, 0.25) is 0 Å². The molecule has 2 atom stereocenters. The molecule has 0 amide bonds. The molecule has 114 valence electrons. The molecule has 0 aromatic carbocycles. The Morgan fingerprint density at radius 3 is 2.63 bits per heavy atom. The number of rotatable bonds is 8. The zero-order chi connectivity index (χ0) is 14.5. The molecule has 0 aromatic heterocycles. The van der Waals surface area contributed by atoms with E-state index in [4.69, 9.17) is 9.47 Å². The van der Waals surface area contributed by atoms with E-state index in [9.17, 15) is 5.11 Å². The molecular formula is C15H31NO3. The Balaban J connectivity index is 2.35. The highest BCUT2D eigenvalue weighted by atomic mass is 16.5. The molecule has 2 N–H and O–H groups in total. The van der Waals surface area contributed by atoms with Gasteiger partial charge in [0.05, 0.1) is 18.3 Å². The van der Waals surface area contributed by atoms with E-state index in [-0.39, 0.29) is 23.9 Å². The van der Waals surface area contributed by atoms with E-state index in [1.165, 1.54) is 0 Å². The molecule has 1 fully saturated rings. The maximum atomic E-state index is 9.64. The van der Waals surface area contributed by atoms with Crippen molar-refractivity contribution in [2.75, 3.05) is 20.3 Å². The predicted octanol–water partition coefficient (Wildman–Crippen LogP) is 2.10. The zero-order valence-corrected chi connectivity index (χ0v) is 13.2. The van der Waals surface area contributed by atoms with E-state index < -0.39 is 0 Å². The molecule has 0 spiro atoms. The quantitative estimate of drug-likeness (QED) is 0.711. The molecular weight excluding hydrogens is 242 g/mol. The fourth-order valence-corrected chi connectivity index (χ4v) is 2.73. The Hall–Kier alpha value is -0.160. The fraction of sp³-hybridized carbons (Fsp3) is 1.00. The molecule has 0 bridgehead atoms. The van der Waals surface area contributed by atoms with Gasteiger partial charge in [0.25, 0.3) is 0 Å². The van der Waals surface area contributed by atoms with Crippen LogP contribution in [0.5, 0.6) is 0 Å². The van der Waals surface area contributed by atoms with Crippen molar-refractivity contribution in [2.45, 2.75) is 76.7 Å². The van der Waals surface area contributed by atoms with Crippen LogP contribution < -0.4 is 5.32 Å². The summed E-state index contributed by atoms with van der Waals surface area (Å²) in [6.45, 7) is 9.29. The first-order chi connectivity index (χ1) is 8.82. The second kappa shape index (κ2) is 7.02. The van der Waals surface area contributed by atoms with E-state index >= 15 is 0 Å². The molecule has 2 unspecified atom stereocenters. The minimum atomic E-state index is -0.143. The summed E-state index contributed by atoms with van der Waals surface area (Å²) in [7, 11) is 1.74. The maximum Gasteiger partial charge on any atom is 0.0644 e. The molecule has 0 radical (unpaired) electrons. The highest BCUT2D eigenvalue weighted by Gasteiger charge is 2.39. The van der Waals surface area contributed by atoms with Crippen molar-refractivity contribution in [1.29, 1.82) is 0 Å². The van der Waals surface area contributed by atoms with Crippen molar-refractivity contribution in [3.8, 4) is 0 Å². The number of hydrogen-bond donors (Lipinski definition) is 2. The van der Waals surface area contributed by atoms with Crippen LogP contribution in [0.4, 0.5) is 0 Å². The summed E-state index contributed by atoms with van der Waals surface area (Å²) in [6, 6.07) is 0.387. The molecule has 4 nitrogen and oxygen atoms in total. The van der Waals surface area contributed by atoms with Crippen molar-refractivity contribution in [3.05, 3.63) is 0 Å². The highest BCUT2D eigenvalue weighted by molar-refractivity contribution is 4.97. The SMILES string of the molecule is COC(C)(C)CCOC1CCC(CO)(NC(C)C)C1. The Labute approximate surface area is 117 Å². The molecule has 19 heavy (non-hydrogen) atoms. The average molecular weight is 273 g/mol. The van der Waals surface area contributed by atoms with Gasteiger partial charge in [-0.3, -0.25) is 0 Å². The number of nitrogens with one attached hydrogen (secondary N) is 1. The number of methoxy groups -OCH3 is 1. The van der Waals surface area contributed by atoms with Gasteiger partial charge in [-0.25, -0.2) is 0 Å². The minimum absolute atomic E-state index is 0.122. The normalized spacial score (nSPS) is 28.3. The summed E-state index contributed by atoms with van der Waals surface area (Å²) in [5, 5.41) is 13.1. The maximum absolute atomic E-state index is 9.64. The minimum Gasteiger partial charge on any atom is -0.394 e.